The number of aromatic nitrogens is 1. The average Bonchev–Trinajstić information content (AvgIpc) is 3.65. The van der Waals surface area contributed by atoms with Gasteiger partial charge in [-0.3, -0.25) is 4.57 Å². The van der Waals surface area contributed by atoms with E-state index in [2.05, 4.69) is 137 Å². The molecule has 204 valence electrons. The van der Waals surface area contributed by atoms with Crippen molar-refractivity contribution in [3.63, 3.8) is 0 Å². The second-order valence-corrected chi connectivity index (χ2v) is 12.5. The normalized spacial score (nSPS) is 14.7. The topological polar surface area (TPSA) is 29.3 Å². The summed E-state index contributed by atoms with van der Waals surface area (Å²) < 4.78 is 4.94. The molecule has 1 aliphatic heterocycles. The van der Waals surface area contributed by atoms with Crippen LogP contribution in [0.25, 0.3) is 63.5 Å². The fourth-order valence-electron chi connectivity index (χ4n) is 7.26. The number of thiophene rings is 1. The molecular formula is C40H23N3S. The molecule has 0 amide bonds. The summed E-state index contributed by atoms with van der Waals surface area (Å²) in [4.78, 5) is 5.40. The van der Waals surface area contributed by atoms with Crippen LogP contribution in [0.2, 0.25) is 0 Å². The van der Waals surface area contributed by atoms with E-state index in [1.54, 1.807) is 0 Å². The van der Waals surface area contributed by atoms with E-state index in [1.165, 1.54) is 63.6 Å². The Morgan fingerprint density at radius 1 is 0.659 bits per heavy atom. The number of aliphatic imine (C=N–C) groups is 1. The molecule has 0 aliphatic carbocycles. The summed E-state index contributed by atoms with van der Waals surface area (Å²) in [6.45, 7) is 0. The maximum absolute atomic E-state index is 5.40. The van der Waals surface area contributed by atoms with Gasteiger partial charge in [0, 0.05) is 37.4 Å². The van der Waals surface area contributed by atoms with Crippen LogP contribution in [0, 0.1) is 12.1 Å². The molecule has 9 aromatic rings. The van der Waals surface area contributed by atoms with E-state index in [1.807, 2.05) is 23.5 Å². The highest BCUT2D eigenvalue weighted by molar-refractivity contribution is 7.27. The lowest BCUT2D eigenvalue weighted by molar-refractivity contribution is 0.738. The zero-order chi connectivity index (χ0) is 28.8. The predicted octanol–water partition coefficient (Wildman–Crippen LogP) is 10.3. The first-order valence-electron chi connectivity index (χ1n) is 14.9. The molecule has 10 rings (SSSR count). The van der Waals surface area contributed by atoms with Crippen molar-refractivity contribution in [1.82, 2.24) is 9.88 Å². The van der Waals surface area contributed by atoms with Crippen LogP contribution in [0.4, 0.5) is 5.69 Å². The van der Waals surface area contributed by atoms with Crippen molar-refractivity contribution in [3.05, 3.63) is 151 Å². The minimum absolute atomic E-state index is 0.143. The Morgan fingerprint density at radius 3 is 2.23 bits per heavy atom. The molecule has 0 radical (unpaired) electrons. The zero-order valence-electron chi connectivity index (χ0n) is 23.5. The smallest absolute Gasteiger partial charge is 0.209 e. The molecule has 4 heteroatoms. The maximum atomic E-state index is 5.40. The predicted molar refractivity (Wildman–Crippen MR) is 185 cm³/mol. The van der Waals surface area contributed by atoms with Crippen LogP contribution in [0.1, 0.15) is 17.2 Å². The molecule has 0 spiro atoms. The van der Waals surface area contributed by atoms with E-state index < -0.39 is 0 Å². The van der Waals surface area contributed by atoms with Crippen LogP contribution in [-0.2, 0) is 0 Å². The van der Waals surface area contributed by atoms with Gasteiger partial charge in [0.2, 0.25) is 5.96 Å². The molecule has 1 unspecified atom stereocenters. The van der Waals surface area contributed by atoms with Gasteiger partial charge in [-0.05, 0) is 51.9 Å². The van der Waals surface area contributed by atoms with Crippen LogP contribution in [0.15, 0.2) is 132 Å². The molecule has 2 aromatic heterocycles. The number of benzene rings is 6. The van der Waals surface area contributed by atoms with Crippen LogP contribution in [0.3, 0.4) is 0 Å². The second-order valence-electron chi connectivity index (χ2n) is 11.4. The molecule has 0 saturated heterocycles. The number of nitrogens with zero attached hydrogens (tertiary/aromatic N) is 2. The summed E-state index contributed by atoms with van der Waals surface area (Å²) in [5.74, 6) is 0.815. The van der Waals surface area contributed by atoms with Crippen LogP contribution in [0.5, 0.6) is 0 Å². The van der Waals surface area contributed by atoms with E-state index in [0.29, 0.717) is 0 Å². The standard InChI is InChI=1S/C40H23N3S/c1-2-13-25(14-3-1)37-36-26-15-5-4-12-24(26)22-23-31(36)41-40(42-37)43-32-20-10-8-18-29(32)34-27-16-6-7-17-28(27)35-30-19-9-11-21-33(30)44-39(35)38(34)43/h1-2,4-13,15-23,37H,(H,41,42). The third kappa shape index (κ3) is 3.19. The lowest BCUT2D eigenvalue weighted by Crippen LogP contribution is -2.36. The molecule has 7 aromatic carbocycles. The Labute approximate surface area is 257 Å². The summed E-state index contributed by atoms with van der Waals surface area (Å²) in [6.07, 6.45) is 0. The fourth-order valence-corrected chi connectivity index (χ4v) is 8.52. The Hall–Kier alpha value is -5.63. The molecule has 1 aliphatic rings. The van der Waals surface area contributed by atoms with Crippen molar-refractivity contribution in [2.45, 2.75) is 6.04 Å². The monoisotopic (exact) mass is 577 g/mol. The van der Waals surface area contributed by atoms with Gasteiger partial charge in [-0.2, -0.15) is 0 Å². The SMILES string of the molecule is c1cccc(C2NC(n3c4ccccc4c4c5ccccc5c5c6ccccc6sc5c43)=Nc3ccc4ccccc4c32)c#1. The molecule has 0 fully saturated rings. The first kappa shape index (κ1) is 23.9. The molecule has 3 nitrogen and oxygen atoms in total. The van der Waals surface area contributed by atoms with E-state index in [-0.39, 0.29) is 6.04 Å². The van der Waals surface area contributed by atoms with Crippen LogP contribution < -0.4 is 5.32 Å². The molecule has 0 saturated carbocycles. The molecule has 3 heterocycles. The largest absolute Gasteiger partial charge is 0.344 e. The highest BCUT2D eigenvalue weighted by atomic mass is 32.1. The maximum Gasteiger partial charge on any atom is 0.209 e. The van der Waals surface area contributed by atoms with Gasteiger partial charge in [-0.15, -0.1) is 11.3 Å². The lowest BCUT2D eigenvalue weighted by atomic mass is 9.92. The lowest BCUT2D eigenvalue weighted by Gasteiger charge is -2.29. The van der Waals surface area contributed by atoms with Gasteiger partial charge < -0.3 is 5.32 Å². The van der Waals surface area contributed by atoms with Gasteiger partial charge in [-0.25, -0.2) is 4.99 Å². The van der Waals surface area contributed by atoms with Gasteiger partial charge in [-0.1, -0.05) is 109 Å². The van der Waals surface area contributed by atoms with Gasteiger partial charge >= 0.3 is 0 Å². The summed E-state index contributed by atoms with van der Waals surface area (Å²) in [6, 6.07) is 51.8. The fraction of sp³-hybridized carbons (Fsp3) is 0.0250. The zero-order valence-corrected chi connectivity index (χ0v) is 24.3. The van der Waals surface area contributed by atoms with Crippen molar-refractivity contribution in [2.75, 3.05) is 0 Å². The number of rotatable bonds is 1. The van der Waals surface area contributed by atoms with Crippen molar-refractivity contribution < 1.29 is 0 Å². The quantitative estimate of drug-likeness (QED) is 0.207. The highest BCUT2D eigenvalue weighted by Crippen LogP contribution is 2.47. The van der Waals surface area contributed by atoms with Gasteiger partial charge in [0.25, 0.3) is 0 Å². The number of fused-ring (bicyclic) bond motifs is 13. The van der Waals surface area contributed by atoms with Gasteiger partial charge in [0.15, 0.2) is 0 Å². The van der Waals surface area contributed by atoms with Crippen LogP contribution >= 0.6 is 11.3 Å². The Balaban J connectivity index is 1.38. The average molecular weight is 578 g/mol. The first-order valence-corrected chi connectivity index (χ1v) is 15.7. The molecule has 0 bridgehead atoms. The minimum atomic E-state index is -0.143. The third-order valence-corrected chi connectivity index (χ3v) is 10.3. The number of nitrogens with one attached hydrogen (secondary N) is 1. The Morgan fingerprint density at radius 2 is 1.39 bits per heavy atom. The van der Waals surface area contributed by atoms with Gasteiger partial charge in [0.05, 0.1) is 27.5 Å². The van der Waals surface area contributed by atoms with E-state index >= 15 is 0 Å². The summed E-state index contributed by atoms with van der Waals surface area (Å²) in [7, 11) is 0. The Kier molecular flexibility index (Phi) is 4.85. The molecule has 1 atom stereocenters. The number of para-hydroxylation sites is 1. The second kappa shape index (κ2) is 8.94. The highest BCUT2D eigenvalue weighted by Gasteiger charge is 2.30. The molecule has 44 heavy (non-hydrogen) atoms. The Bertz CT molecular complexity index is 2640. The third-order valence-electron chi connectivity index (χ3n) is 9.08. The van der Waals surface area contributed by atoms with Crippen molar-refractivity contribution in [2.24, 2.45) is 4.99 Å². The van der Waals surface area contributed by atoms with Crippen molar-refractivity contribution in [3.8, 4) is 0 Å². The van der Waals surface area contributed by atoms with E-state index in [0.717, 1.165) is 22.7 Å². The summed E-state index contributed by atoms with van der Waals surface area (Å²) in [5.41, 5.74) is 5.50. The molecule has 1 N–H and O–H groups in total. The van der Waals surface area contributed by atoms with Crippen molar-refractivity contribution in [1.29, 1.82) is 0 Å². The summed E-state index contributed by atoms with van der Waals surface area (Å²) >= 11 is 1.87. The van der Waals surface area contributed by atoms with Gasteiger partial charge in [0.1, 0.15) is 0 Å². The van der Waals surface area contributed by atoms with E-state index in [4.69, 9.17) is 4.99 Å². The first-order chi connectivity index (χ1) is 21.8. The molecular weight excluding hydrogens is 555 g/mol. The van der Waals surface area contributed by atoms with E-state index in [9.17, 15) is 0 Å². The number of hydrogen-bond donors (Lipinski definition) is 1. The van der Waals surface area contributed by atoms with Crippen molar-refractivity contribution >= 4 is 86.5 Å². The number of hydrogen-bond acceptors (Lipinski definition) is 3. The summed E-state index contributed by atoms with van der Waals surface area (Å²) in [5, 5.41) is 14.0. The minimum Gasteiger partial charge on any atom is -0.344 e. The van der Waals surface area contributed by atoms with Crippen LogP contribution in [-0.4, -0.2) is 10.5 Å².